The predicted molar refractivity (Wildman–Crippen MR) is 244 cm³/mol. The van der Waals surface area contributed by atoms with Crippen LogP contribution >= 0.6 is 0 Å². The second-order valence-electron chi connectivity index (χ2n) is 17.7. The number of hydrogen-bond donors (Lipinski definition) is 3. The van der Waals surface area contributed by atoms with E-state index in [-0.39, 0.29) is 41.9 Å². The number of aliphatic hydroxyl groups excluding tert-OH is 1. The molecule has 8 rings (SSSR count). The number of aromatic nitrogens is 2. The van der Waals surface area contributed by atoms with Crippen molar-refractivity contribution in [2.45, 2.75) is 63.3 Å². The van der Waals surface area contributed by atoms with Crippen molar-refractivity contribution in [3.8, 4) is 5.75 Å². The van der Waals surface area contributed by atoms with Crippen LogP contribution in [0, 0.1) is 5.92 Å². The summed E-state index contributed by atoms with van der Waals surface area (Å²) in [6.07, 6.45) is -0.540. The molecule has 19 heteroatoms. The van der Waals surface area contributed by atoms with E-state index in [2.05, 4.69) is 33.1 Å². The van der Waals surface area contributed by atoms with E-state index in [1.54, 1.807) is 12.1 Å². The summed E-state index contributed by atoms with van der Waals surface area (Å²) in [6.45, 7) is 11.7. The first-order valence-electron chi connectivity index (χ1n) is 23.3. The molecule has 1 unspecified atom stereocenters. The maximum absolute atomic E-state index is 13.4. The quantitative estimate of drug-likeness (QED) is 0.0733. The minimum absolute atomic E-state index is 0.0136. The molecule has 16 nitrogen and oxygen atoms in total. The average molecular weight is 946 g/mol. The Morgan fingerprint density at radius 1 is 0.809 bits per heavy atom. The zero-order valence-electron chi connectivity index (χ0n) is 37.9. The summed E-state index contributed by atoms with van der Waals surface area (Å²) >= 11 is 0. The maximum atomic E-state index is 13.4. The van der Waals surface area contributed by atoms with Gasteiger partial charge in [-0.15, -0.1) is 0 Å². The van der Waals surface area contributed by atoms with Gasteiger partial charge in [-0.25, -0.2) is 4.98 Å². The molecule has 364 valence electrons. The molecule has 3 aliphatic heterocycles. The highest BCUT2D eigenvalue weighted by Crippen LogP contribution is 2.38. The van der Waals surface area contributed by atoms with Gasteiger partial charge in [0, 0.05) is 63.2 Å². The Bertz CT molecular complexity index is 2460. The van der Waals surface area contributed by atoms with Crippen molar-refractivity contribution in [2.24, 2.45) is 5.92 Å². The number of aliphatic hydroxyl groups is 1. The maximum Gasteiger partial charge on any atom is 0.416 e. The molecule has 1 atom stereocenters. The molecule has 1 saturated carbocycles. The van der Waals surface area contributed by atoms with E-state index in [0.29, 0.717) is 75.4 Å². The van der Waals surface area contributed by atoms with E-state index in [0.717, 1.165) is 93.1 Å². The van der Waals surface area contributed by atoms with Crippen molar-refractivity contribution in [3.05, 3.63) is 101 Å². The number of benzene rings is 3. The minimum atomic E-state index is -4.58. The fourth-order valence-corrected chi connectivity index (χ4v) is 9.30. The van der Waals surface area contributed by atoms with Crippen LogP contribution in [0.1, 0.15) is 86.8 Å². The van der Waals surface area contributed by atoms with Crippen LogP contribution in [0.15, 0.2) is 72.9 Å². The molecule has 3 fully saturated rings. The Labute approximate surface area is 392 Å². The van der Waals surface area contributed by atoms with Crippen LogP contribution in [0.3, 0.4) is 0 Å². The number of rotatable bonds is 20. The summed E-state index contributed by atoms with van der Waals surface area (Å²) in [4.78, 5) is 62.4. The number of allylic oxidation sites excluding steroid dienone is 1. The first kappa shape index (κ1) is 48.7. The number of halogens is 3. The van der Waals surface area contributed by atoms with Gasteiger partial charge in [0.15, 0.2) is 0 Å². The van der Waals surface area contributed by atoms with E-state index in [9.17, 15) is 37.5 Å². The highest BCUT2D eigenvalue weighted by molar-refractivity contribution is 6.23. The molecule has 2 saturated heterocycles. The third-order valence-corrected chi connectivity index (χ3v) is 13.1. The highest BCUT2D eigenvalue weighted by atomic mass is 19.4. The zero-order chi connectivity index (χ0) is 47.8. The summed E-state index contributed by atoms with van der Waals surface area (Å²) in [5.41, 5.74) is 2.63. The molecule has 0 radical (unpaired) electrons. The number of anilines is 1. The first-order valence-corrected chi connectivity index (χ1v) is 23.3. The number of amides is 4. The van der Waals surface area contributed by atoms with Crippen LogP contribution in [-0.4, -0.2) is 145 Å². The van der Waals surface area contributed by atoms with Gasteiger partial charge in [0.25, 0.3) is 17.7 Å². The largest absolute Gasteiger partial charge is 0.491 e. The van der Waals surface area contributed by atoms with Gasteiger partial charge in [-0.05, 0) is 98.5 Å². The molecule has 4 aromatic rings. The number of imide groups is 1. The molecule has 0 bridgehead atoms. The predicted octanol–water partition coefficient (Wildman–Crippen LogP) is 5.67. The number of nitrogens with zero attached hydrogens (tertiary/aromatic N) is 5. The van der Waals surface area contributed by atoms with Crippen LogP contribution in [0.5, 0.6) is 5.75 Å². The van der Waals surface area contributed by atoms with E-state index in [4.69, 9.17) is 23.9 Å². The Morgan fingerprint density at radius 3 is 2.21 bits per heavy atom. The van der Waals surface area contributed by atoms with E-state index in [1.165, 1.54) is 18.2 Å². The van der Waals surface area contributed by atoms with Crippen molar-refractivity contribution < 1.29 is 56.4 Å². The van der Waals surface area contributed by atoms with Gasteiger partial charge in [0.05, 0.1) is 67.4 Å². The molecule has 1 aliphatic carbocycles. The average Bonchev–Trinajstić information content (AvgIpc) is 3.81. The van der Waals surface area contributed by atoms with Gasteiger partial charge in [-0.2, -0.15) is 13.2 Å². The summed E-state index contributed by atoms with van der Waals surface area (Å²) in [6, 6.07) is 14.3. The summed E-state index contributed by atoms with van der Waals surface area (Å²) < 4.78 is 65.1. The van der Waals surface area contributed by atoms with Crippen LogP contribution < -0.4 is 15.4 Å². The topological polar surface area (TPSA) is 177 Å². The molecule has 4 heterocycles. The summed E-state index contributed by atoms with van der Waals surface area (Å²) in [5, 5.41) is 15.2. The van der Waals surface area contributed by atoms with Crippen molar-refractivity contribution in [3.63, 3.8) is 0 Å². The van der Waals surface area contributed by atoms with E-state index in [1.807, 2.05) is 16.7 Å². The number of piperazine rings is 1. The number of alkyl halides is 3. The number of fused-ring (bicyclic) bond motifs is 2. The lowest BCUT2D eigenvalue weighted by atomic mass is 9.86. The second-order valence-corrected chi connectivity index (χ2v) is 17.7. The lowest BCUT2D eigenvalue weighted by molar-refractivity contribution is -0.137. The number of imidazole rings is 1. The second kappa shape index (κ2) is 22.2. The third kappa shape index (κ3) is 11.8. The van der Waals surface area contributed by atoms with Crippen LogP contribution in [0.2, 0.25) is 0 Å². The molecule has 1 aromatic heterocycles. The Hall–Kier alpha value is -5.70. The van der Waals surface area contributed by atoms with Gasteiger partial charge in [-0.1, -0.05) is 18.7 Å². The van der Waals surface area contributed by atoms with Crippen molar-refractivity contribution in [2.75, 3.05) is 90.9 Å². The molecule has 3 N–H and O–H groups in total. The van der Waals surface area contributed by atoms with Gasteiger partial charge in [0.2, 0.25) is 11.9 Å². The smallest absolute Gasteiger partial charge is 0.416 e. The van der Waals surface area contributed by atoms with Gasteiger partial charge >= 0.3 is 6.18 Å². The number of ether oxygens (including phenoxy) is 4. The number of carbonyl (C=O) groups is 4. The highest BCUT2D eigenvalue weighted by Gasteiger charge is 2.44. The first-order chi connectivity index (χ1) is 32.9. The minimum Gasteiger partial charge on any atom is -0.491 e. The lowest BCUT2D eigenvalue weighted by Gasteiger charge is -2.34. The van der Waals surface area contributed by atoms with Crippen LogP contribution in [0.25, 0.3) is 11.0 Å². The molecule has 4 amide bonds. The Morgan fingerprint density at radius 2 is 1.50 bits per heavy atom. The van der Waals surface area contributed by atoms with E-state index >= 15 is 0 Å². The standard InChI is InChI=1S/C49H58F3N7O9/c1-32-5-13-43(45(62)53-32)59-46(63)39-12-11-38(29-40(39)47(59)64)68-26-25-67-24-23-66-22-21-65-20-19-56-15-17-57(18-16-56)30-34-8-14-42-41(27-34)54-48(58(42)37-9-6-33(31-60)7-10-37)55-44(61)35-3-2-4-36(28-35)49(50,51)52/h2-4,8,11-12,14,27-29,33,37,43,60H,1,5-7,9-10,13,15-26,30-31H2,(H,53,62)(H,54,55,61). The van der Waals surface area contributed by atoms with Crippen molar-refractivity contribution in [1.82, 2.24) is 29.6 Å². The Balaban J connectivity index is 0.707. The number of carbonyl (C=O) groups excluding carboxylic acids is 4. The van der Waals surface area contributed by atoms with E-state index < -0.39 is 41.4 Å². The summed E-state index contributed by atoms with van der Waals surface area (Å²) in [7, 11) is 0. The van der Waals surface area contributed by atoms with Crippen molar-refractivity contribution in [1.29, 1.82) is 0 Å². The molecule has 3 aromatic carbocycles. The summed E-state index contributed by atoms with van der Waals surface area (Å²) in [5.74, 6) is -1.15. The molecule has 68 heavy (non-hydrogen) atoms. The molecular formula is C49H58F3N7O9. The van der Waals surface area contributed by atoms with Gasteiger partial charge in [-0.3, -0.25) is 39.2 Å². The fourth-order valence-electron chi connectivity index (χ4n) is 9.30. The molecular weight excluding hydrogens is 888 g/mol. The fraction of sp³-hybridized carbons (Fsp3) is 0.490. The number of nitrogens with one attached hydrogen (secondary N) is 2. The SMILES string of the molecule is C=C1CCC(N2C(=O)c3ccc(OCCOCCOCCOCCN4CCN(Cc5ccc6c(c5)nc(NC(=O)c5cccc(C(F)(F)F)c5)n6C5CCC(CO)CC5)CC4)cc3C2=O)C(=O)N1. The molecule has 4 aliphatic rings. The number of hydrogen-bond acceptors (Lipinski definition) is 12. The zero-order valence-corrected chi connectivity index (χ0v) is 37.9. The van der Waals surface area contributed by atoms with Crippen molar-refractivity contribution >= 4 is 40.6 Å². The normalized spacial score (nSPS) is 20.5. The van der Waals surface area contributed by atoms with Gasteiger partial charge in [0.1, 0.15) is 18.4 Å². The number of piperidine rings is 1. The van der Waals surface area contributed by atoms with Crippen LogP contribution in [0.4, 0.5) is 19.1 Å². The third-order valence-electron chi connectivity index (χ3n) is 13.1. The molecule has 0 spiro atoms. The van der Waals surface area contributed by atoms with Gasteiger partial charge < -0.3 is 33.9 Å². The lowest BCUT2D eigenvalue weighted by Crippen LogP contribution is -2.51. The van der Waals surface area contributed by atoms with Crippen LogP contribution in [-0.2, 0) is 31.7 Å². The Kier molecular flexibility index (Phi) is 15.9. The monoisotopic (exact) mass is 945 g/mol.